The van der Waals surface area contributed by atoms with Crippen LogP contribution < -0.4 is 0 Å². The van der Waals surface area contributed by atoms with E-state index in [2.05, 4.69) is 56.1 Å². The smallest absolute Gasteiger partial charge is 0.410 e. The fourth-order valence-corrected chi connectivity index (χ4v) is 3.63. The molecule has 0 fully saturated rings. The molecule has 3 aromatic rings. The number of likely N-dealkylation sites (N-methyl/N-ethyl adjacent to an activating group) is 1. The normalized spacial score (nSPS) is 10.8. The van der Waals surface area contributed by atoms with Crippen molar-refractivity contribution >= 4 is 38.0 Å². The first-order chi connectivity index (χ1) is 14.0. The van der Waals surface area contributed by atoms with Gasteiger partial charge in [-0.3, -0.25) is 0 Å². The van der Waals surface area contributed by atoms with Crippen LogP contribution in [0.15, 0.2) is 87.8 Å². The lowest BCUT2D eigenvalue weighted by Crippen LogP contribution is -2.40. The molecule has 3 rings (SSSR count). The molecule has 0 radical (unpaired) electrons. The van der Waals surface area contributed by atoms with Crippen molar-refractivity contribution in [3.8, 4) is 0 Å². The van der Waals surface area contributed by atoms with Gasteiger partial charge in [0, 0.05) is 22.0 Å². The molecule has 0 aliphatic rings. The summed E-state index contributed by atoms with van der Waals surface area (Å²) in [4.78, 5) is 14.5. The van der Waals surface area contributed by atoms with E-state index in [0.717, 1.165) is 27.4 Å². The van der Waals surface area contributed by atoms with E-state index in [1.165, 1.54) is 11.1 Å². The topological polar surface area (TPSA) is 29.5 Å². The van der Waals surface area contributed by atoms with Gasteiger partial charge in [-0.2, -0.15) is 0 Å². The van der Waals surface area contributed by atoms with E-state index >= 15 is 0 Å². The molecule has 150 valence electrons. The Kier molecular flexibility index (Phi) is 7.90. The van der Waals surface area contributed by atoms with Gasteiger partial charge in [0.25, 0.3) is 0 Å². The lowest BCUT2D eigenvalue weighted by molar-refractivity contribution is 0.0907. The third-order valence-corrected chi connectivity index (χ3v) is 5.87. The van der Waals surface area contributed by atoms with Crippen molar-refractivity contribution in [2.45, 2.75) is 25.5 Å². The Morgan fingerprint density at radius 3 is 1.76 bits per heavy atom. The molecule has 0 spiro atoms. The van der Waals surface area contributed by atoms with Crippen LogP contribution >= 0.6 is 31.9 Å². The van der Waals surface area contributed by atoms with Crippen LogP contribution in [0, 0.1) is 0 Å². The number of rotatable bonds is 7. The predicted molar refractivity (Wildman–Crippen MR) is 124 cm³/mol. The molecule has 0 atom stereocenters. The fraction of sp³-hybridized carbons (Fsp3) is 0.208. The van der Waals surface area contributed by atoms with Crippen molar-refractivity contribution in [3.05, 3.63) is 104 Å². The number of amides is 1. The summed E-state index contributed by atoms with van der Waals surface area (Å²) >= 11 is 6.96. The number of nitrogens with zero attached hydrogens (tertiary/aromatic N) is 1. The number of carbonyl (C=O) groups excluding carboxylic acids is 1. The molecule has 0 heterocycles. The summed E-state index contributed by atoms with van der Waals surface area (Å²) in [5.74, 6) is 0. The van der Waals surface area contributed by atoms with Crippen molar-refractivity contribution in [1.29, 1.82) is 0 Å². The Bertz CT molecular complexity index is 864. The lowest BCUT2D eigenvalue weighted by Gasteiger charge is -2.28. The van der Waals surface area contributed by atoms with E-state index in [-0.39, 0.29) is 18.7 Å². The van der Waals surface area contributed by atoms with E-state index in [0.29, 0.717) is 0 Å². The van der Waals surface area contributed by atoms with E-state index in [4.69, 9.17) is 4.74 Å². The highest BCUT2D eigenvalue weighted by Crippen LogP contribution is 2.19. The third kappa shape index (κ3) is 6.72. The van der Waals surface area contributed by atoms with Crippen LogP contribution in [-0.4, -0.2) is 24.1 Å². The summed E-state index contributed by atoms with van der Waals surface area (Å²) < 4.78 is 7.64. The zero-order valence-corrected chi connectivity index (χ0v) is 19.4. The average Bonchev–Trinajstić information content (AvgIpc) is 2.75. The molecule has 0 saturated heterocycles. The highest BCUT2D eigenvalue weighted by atomic mass is 79.9. The van der Waals surface area contributed by atoms with Crippen LogP contribution in [0.1, 0.15) is 16.7 Å². The number of carbonyl (C=O) groups is 1. The molecule has 3 aromatic carbocycles. The van der Waals surface area contributed by atoms with Gasteiger partial charge in [0.1, 0.15) is 6.61 Å². The Morgan fingerprint density at radius 1 is 0.793 bits per heavy atom. The standard InChI is InChI=1S/C24H23Br2NO2/c1-27(24(28)29-17-20-5-3-2-4-6-20)23(15-18-7-11-21(25)12-8-18)16-19-9-13-22(26)14-10-19/h2-14,23H,15-17H2,1H3. The maximum atomic E-state index is 12.7. The summed E-state index contributed by atoms with van der Waals surface area (Å²) in [6.45, 7) is 0.271. The highest BCUT2D eigenvalue weighted by molar-refractivity contribution is 9.10. The maximum absolute atomic E-state index is 12.7. The van der Waals surface area contributed by atoms with Crippen molar-refractivity contribution in [2.75, 3.05) is 7.05 Å². The summed E-state index contributed by atoms with van der Waals surface area (Å²) in [7, 11) is 1.82. The van der Waals surface area contributed by atoms with Crippen molar-refractivity contribution < 1.29 is 9.53 Å². The van der Waals surface area contributed by atoms with Crippen LogP contribution in [0.2, 0.25) is 0 Å². The Labute approximate surface area is 189 Å². The van der Waals surface area contributed by atoms with E-state index < -0.39 is 0 Å². The molecule has 0 unspecified atom stereocenters. The molecule has 29 heavy (non-hydrogen) atoms. The molecular weight excluding hydrogens is 494 g/mol. The van der Waals surface area contributed by atoms with Gasteiger partial charge in [0.05, 0.1) is 0 Å². The molecule has 0 bridgehead atoms. The number of halogens is 2. The second-order valence-corrected chi connectivity index (χ2v) is 8.80. The van der Waals surface area contributed by atoms with Gasteiger partial charge in [-0.05, 0) is 53.8 Å². The van der Waals surface area contributed by atoms with Gasteiger partial charge in [-0.1, -0.05) is 86.5 Å². The van der Waals surface area contributed by atoms with Gasteiger partial charge in [0.15, 0.2) is 0 Å². The first-order valence-corrected chi connectivity index (χ1v) is 11.0. The van der Waals surface area contributed by atoms with Crippen LogP contribution in [0.4, 0.5) is 4.79 Å². The number of hydrogen-bond donors (Lipinski definition) is 0. The molecule has 0 saturated carbocycles. The SMILES string of the molecule is CN(C(=O)OCc1ccccc1)C(Cc1ccc(Br)cc1)Cc1ccc(Br)cc1. The largest absolute Gasteiger partial charge is 0.445 e. The zero-order valence-electron chi connectivity index (χ0n) is 16.2. The van der Waals surface area contributed by atoms with Gasteiger partial charge < -0.3 is 9.64 Å². The Balaban J connectivity index is 1.71. The summed E-state index contributed by atoms with van der Waals surface area (Å²) in [6.07, 6.45) is 1.19. The molecule has 0 aliphatic heterocycles. The van der Waals surface area contributed by atoms with Gasteiger partial charge in [-0.25, -0.2) is 4.79 Å². The van der Waals surface area contributed by atoms with Crippen molar-refractivity contribution in [2.24, 2.45) is 0 Å². The van der Waals surface area contributed by atoms with Gasteiger partial charge >= 0.3 is 6.09 Å². The average molecular weight is 517 g/mol. The van der Waals surface area contributed by atoms with E-state index in [1.54, 1.807) is 4.90 Å². The van der Waals surface area contributed by atoms with Crippen LogP contribution in [0.25, 0.3) is 0 Å². The summed E-state index contributed by atoms with van der Waals surface area (Å²) in [5, 5.41) is 0. The Hall–Kier alpha value is -2.11. The van der Waals surface area contributed by atoms with Crippen LogP contribution in [-0.2, 0) is 24.2 Å². The first-order valence-electron chi connectivity index (χ1n) is 9.43. The van der Waals surface area contributed by atoms with Gasteiger partial charge in [0.2, 0.25) is 0 Å². The lowest BCUT2D eigenvalue weighted by atomic mass is 9.98. The molecule has 5 heteroatoms. The second-order valence-electron chi connectivity index (χ2n) is 6.97. The second kappa shape index (κ2) is 10.6. The van der Waals surface area contributed by atoms with Crippen LogP contribution in [0.5, 0.6) is 0 Å². The predicted octanol–water partition coefficient (Wildman–Crippen LogP) is 6.63. The minimum atomic E-state index is -0.312. The fourth-order valence-electron chi connectivity index (χ4n) is 3.10. The minimum Gasteiger partial charge on any atom is -0.445 e. The number of hydrogen-bond acceptors (Lipinski definition) is 2. The molecule has 0 N–H and O–H groups in total. The minimum absolute atomic E-state index is 0.0133. The van der Waals surface area contributed by atoms with Crippen molar-refractivity contribution in [3.63, 3.8) is 0 Å². The van der Waals surface area contributed by atoms with E-state index in [1.807, 2.05) is 61.6 Å². The first kappa shape index (κ1) is 21.6. The molecule has 0 aliphatic carbocycles. The summed E-state index contributed by atoms with van der Waals surface area (Å²) in [6, 6.07) is 26.2. The molecule has 1 amide bonds. The number of benzene rings is 3. The molecule has 0 aromatic heterocycles. The third-order valence-electron chi connectivity index (χ3n) is 4.81. The van der Waals surface area contributed by atoms with Crippen molar-refractivity contribution in [1.82, 2.24) is 4.90 Å². The monoisotopic (exact) mass is 515 g/mol. The summed E-state index contributed by atoms with van der Waals surface area (Å²) in [5.41, 5.74) is 3.34. The number of ether oxygens (including phenoxy) is 1. The van der Waals surface area contributed by atoms with Crippen LogP contribution in [0.3, 0.4) is 0 Å². The molecule has 3 nitrogen and oxygen atoms in total. The quantitative estimate of drug-likeness (QED) is 0.352. The van der Waals surface area contributed by atoms with E-state index in [9.17, 15) is 4.79 Å². The zero-order chi connectivity index (χ0) is 20.6. The molecular formula is C24H23Br2NO2. The maximum Gasteiger partial charge on any atom is 0.410 e. The van der Waals surface area contributed by atoms with Gasteiger partial charge in [-0.15, -0.1) is 0 Å². The Morgan fingerprint density at radius 2 is 1.28 bits per heavy atom. The highest BCUT2D eigenvalue weighted by Gasteiger charge is 2.22.